The third-order valence-electron chi connectivity index (χ3n) is 3.85. The lowest BCUT2D eigenvalue weighted by Gasteiger charge is -2.14. The highest BCUT2D eigenvalue weighted by Crippen LogP contribution is 2.37. The molecule has 0 aliphatic rings. The number of fused-ring (bicyclic) bond motifs is 3. The number of hydrogen-bond donors (Lipinski definition) is 1. The zero-order valence-corrected chi connectivity index (χ0v) is 14.1. The maximum atomic E-state index is 13.5. The molecule has 0 aliphatic heterocycles. The molecule has 0 bridgehead atoms. The Bertz CT molecular complexity index is 1180. The highest BCUT2D eigenvalue weighted by atomic mass is 32.1. The second-order valence-corrected chi connectivity index (χ2v) is 6.46. The Kier molecular flexibility index (Phi) is 3.59. The molecule has 9 heteroatoms. The van der Waals surface area contributed by atoms with Gasteiger partial charge < -0.3 is 5.32 Å². The van der Waals surface area contributed by atoms with Crippen LogP contribution < -0.4 is 5.32 Å². The van der Waals surface area contributed by atoms with Gasteiger partial charge in [0.1, 0.15) is 17.5 Å². The number of nitrogens with one attached hydrogen (secondary N) is 1. The molecule has 0 unspecified atom stereocenters. The summed E-state index contributed by atoms with van der Waals surface area (Å²) in [7, 11) is 0. The highest BCUT2D eigenvalue weighted by Gasteiger charge is 2.36. The molecule has 5 nitrogen and oxygen atoms in total. The van der Waals surface area contributed by atoms with E-state index in [0.717, 1.165) is 11.8 Å². The van der Waals surface area contributed by atoms with Gasteiger partial charge in [-0.15, -0.1) is 11.3 Å². The number of nitriles is 1. The standard InChI is InChI=1S/C17H10F3N5S/c1-9-8-26-16(22-9)24-14-6-11(17(18,19)20)10(7-21)15-23-12-4-2-3-5-13(12)25(14)15/h2-6,8H,1H3,(H,22,24). The molecule has 3 heterocycles. The van der Waals surface area contributed by atoms with E-state index in [4.69, 9.17) is 0 Å². The largest absolute Gasteiger partial charge is 0.417 e. The molecule has 26 heavy (non-hydrogen) atoms. The third-order valence-corrected chi connectivity index (χ3v) is 4.72. The Labute approximate surface area is 149 Å². The number of rotatable bonds is 2. The molecule has 0 radical (unpaired) electrons. The molecule has 0 spiro atoms. The number of hydrogen-bond acceptors (Lipinski definition) is 5. The van der Waals surface area contributed by atoms with Crippen LogP contribution in [0.2, 0.25) is 0 Å². The number of benzene rings is 1. The molecule has 0 saturated heterocycles. The molecule has 1 aromatic carbocycles. The van der Waals surface area contributed by atoms with Gasteiger partial charge in [0.2, 0.25) is 0 Å². The third kappa shape index (κ3) is 2.55. The molecule has 4 aromatic rings. The summed E-state index contributed by atoms with van der Waals surface area (Å²) >= 11 is 1.28. The van der Waals surface area contributed by atoms with Crippen molar-refractivity contribution in [2.24, 2.45) is 0 Å². The van der Waals surface area contributed by atoms with Crippen molar-refractivity contribution in [3.8, 4) is 6.07 Å². The first kappa shape index (κ1) is 16.4. The lowest BCUT2D eigenvalue weighted by molar-refractivity contribution is -0.137. The van der Waals surface area contributed by atoms with E-state index in [2.05, 4.69) is 15.3 Å². The summed E-state index contributed by atoms with van der Waals surface area (Å²) in [5, 5.41) is 14.5. The highest BCUT2D eigenvalue weighted by molar-refractivity contribution is 7.13. The van der Waals surface area contributed by atoms with Crippen molar-refractivity contribution in [1.82, 2.24) is 14.4 Å². The van der Waals surface area contributed by atoms with E-state index in [0.29, 0.717) is 16.2 Å². The number of pyridine rings is 1. The van der Waals surface area contributed by atoms with Crippen molar-refractivity contribution in [2.45, 2.75) is 13.1 Å². The van der Waals surface area contributed by atoms with Gasteiger partial charge >= 0.3 is 6.18 Å². The van der Waals surface area contributed by atoms with Crippen molar-refractivity contribution in [1.29, 1.82) is 5.26 Å². The zero-order valence-electron chi connectivity index (χ0n) is 13.3. The van der Waals surface area contributed by atoms with Crippen LogP contribution >= 0.6 is 11.3 Å². The monoisotopic (exact) mass is 373 g/mol. The Morgan fingerprint density at radius 2 is 2.00 bits per heavy atom. The Balaban J connectivity index is 2.09. The van der Waals surface area contributed by atoms with E-state index in [1.54, 1.807) is 42.6 Å². The number of anilines is 2. The molecule has 0 amide bonds. The van der Waals surface area contributed by atoms with Crippen molar-refractivity contribution in [3.05, 3.63) is 52.5 Å². The van der Waals surface area contributed by atoms with Gasteiger partial charge in [-0.3, -0.25) is 4.40 Å². The number of aryl methyl sites for hydroxylation is 1. The molecule has 3 aromatic heterocycles. The summed E-state index contributed by atoms with van der Waals surface area (Å²) in [5.41, 5.74) is 0.284. The number of halogens is 3. The SMILES string of the molecule is Cc1csc(Nc2cc(C(F)(F)F)c(C#N)c3nc4ccccc4n23)n1. The van der Waals surface area contributed by atoms with Gasteiger partial charge in [0.25, 0.3) is 0 Å². The fourth-order valence-corrected chi connectivity index (χ4v) is 3.47. The van der Waals surface area contributed by atoms with Crippen molar-refractivity contribution in [2.75, 3.05) is 5.32 Å². The van der Waals surface area contributed by atoms with E-state index >= 15 is 0 Å². The molecule has 0 atom stereocenters. The average molecular weight is 373 g/mol. The van der Waals surface area contributed by atoms with E-state index in [9.17, 15) is 18.4 Å². The molecule has 0 saturated carbocycles. The normalized spacial score (nSPS) is 11.8. The van der Waals surface area contributed by atoms with Crippen molar-refractivity contribution >= 4 is 39.0 Å². The Morgan fingerprint density at radius 3 is 2.65 bits per heavy atom. The van der Waals surface area contributed by atoms with Crippen LogP contribution in [-0.2, 0) is 6.18 Å². The molecular weight excluding hydrogens is 363 g/mol. The summed E-state index contributed by atoms with van der Waals surface area (Å²) in [4.78, 5) is 8.49. The van der Waals surface area contributed by atoms with Crippen LogP contribution in [0.1, 0.15) is 16.8 Å². The second-order valence-electron chi connectivity index (χ2n) is 5.61. The van der Waals surface area contributed by atoms with Gasteiger partial charge in [0, 0.05) is 5.38 Å². The minimum absolute atomic E-state index is 0.0423. The van der Waals surface area contributed by atoms with Crippen LogP contribution in [0.5, 0.6) is 0 Å². The van der Waals surface area contributed by atoms with Crippen LogP contribution in [0.3, 0.4) is 0 Å². The lowest BCUT2D eigenvalue weighted by Crippen LogP contribution is -2.12. The van der Waals surface area contributed by atoms with Crippen LogP contribution in [0, 0.1) is 18.3 Å². The quantitative estimate of drug-likeness (QED) is 0.543. The molecule has 4 rings (SSSR count). The Morgan fingerprint density at radius 1 is 1.23 bits per heavy atom. The average Bonchev–Trinajstić information content (AvgIpc) is 3.17. The summed E-state index contributed by atoms with van der Waals surface area (Å²) in [6.07, 6.45) is -4.68. The molecule has 0 aliphatic carbocycles. The van der Waals surface area contributed by atoms with Crippen molar-refractivity contribution < 1.29 is 13.2 Å². The Hall–Kier alpha value is -3.12. The van der Waals surface area contributed by atoms with E-state index in [1.165, 1.54) is 15.7 Å². The van der Waals surface area contributed by atoms with Gasteiger partial charge in [-0.05, 0) is 25.1 Å². The summed E-state index contributed by atoms with van der Waals surface area (Å²) in [6.45, 7) is 1.80. The molecule has 1 N–H and O–H groups in total. The number of alkyl halides is 3. The van der Waals surface area contributed by atoms with E-state index < -0.39 is 17.3 Å². The van der Waals surface area contributed by atoms with Crippen molar-refractivity contribution in [3.63, 3.8) is 0 Å². The fraction of sp³-hybridized carbons (Fsp3) is 0.118. The van der Waals surface area contributed by atoms with Gasteiger partial charge in [-0.1, -0.05) is 12.1 Å². The van der Waals surface area contributed by atoms with Crippen LogP contribution in [-0.4, -0.2) is 14.4 Å². The lowest BCUT2D eigenvalue weighted by atomic mass is 10.1. The second kappa shape index (κ2) is 5.71. The van der Waals surface area contributed by atoms with Crippen LogP contribution in [0.4, 0.5) is 24.1 Å². The maximum absolute atomic E-state index is 13.5. The first-order valence-electron chi connectivity index (χ1n) is 7.49. The number of aromatic nitrogens is 3. The fourth-order valence-electron chi connectivity index (χ4n) is 2.78. The van der Waals surface area contributed by atoms with Gasteiger partial charge in [0.15, 0.2) is 10.8 Å². The maximum Gasteiger partial charge on any atom is 0.417 e. The van der Waals surface area contributed by atoms with E-state index in [1.807, 2.05) is 0 Å². The zero-order chi connectivity index (χ0) is 18.5. The molecule has 130 valence electrons. The number of thiazole rings is 1. The minimum Gasteiger partial charge on any atom is -0.317 e. The first-order valence-corrected chi connectivity index (χ1v) is 8.37. The summed E-state index contributed by atoms with van der Waals surface area (Å²) in [6, 6.07) is 9.51. The van der Waals surface area contributed by atoms with E-state index in [-0.39, 0.29) is 11.5 Å². The van der Waals surface area contributed by atoms with Gasteiger partial charge in [-0.2, -0.15) is 18.4 Å². The smallest absolute Gasteiger partial charge is 0.317 e. The summed E-state index contributed by atoms with van der Waals surface area (Å²) in [5.74, 6) is 0.148. The predicted octanol–water partition coefficient (Wildman–Crippen LogP) is 4.89. The molecular formula is C17H10F3N5S. The van der Waals surface area contributed by atoms with Gasteiger partial charge in [-0.25, -0.2) is 9.97 Å². The molecule has 0 fully saturated rings. The number of para-hydroxylation sites is 2. The number of imidazole rings is 1. The number of nitrogens with zero attached hydrogens (tertiary/aromatic N) is 4. The van der Waals surface area contributed by atoms with Gasteiger partial charge in [0.05, 0.1) is 22.3 Å². The topological polar surface area (TPSA) is 66.0 Å². The van der Waals surface area contributed by atoms with Crippen LogP contribution in [0.25, 0.3) is 16.7 Å². The van der Waals surface area contributed by atoms with Crippen LogP contribution in [0.15, 0.2) is 35.7 Å². The predicted molar refractivity (Wildman–Crippen MR) is 92.5 cm³/mol. The first-order chi connectivity index (χ1) is 12.4. The minimum atomic E-state index is -4.68. The summed E-state index contributed by atoms with van der Waals surface area (Å²) < 4.78 is 42.1.